The van der Waals surface area contributed by atoms with Gasteiger partial charge in [0.05, 0.1) is 6.20 Å². The summed E-state index contributed by atoms with van der Waals surface area (Å²) in [4.78, 5) is 20.8. The van der Waals surface area contributed by atoms with Crippen LogP contribution in [0.15, 0.2) is 18.6 Å². The molecule has 80 valence electrons. The normalized spacial score (nSPS) is 21.3. The highest BCUT2D eigenvalue weighted by Crippen LogP contribution is 2.10. The van der Waals surface area contributed by atoms with Gasteiger partial charge in [0, 0.05) is 32.0 Å². The molecule has 15 heavy (non-hydrogen) atoms. The molecule has 2 N–H and O–H groups in total. The van der Waals surface area contributed by atoms with Crippen molar-refractivity contribution in [3.8, 4) is 0 Å². The maximum absolute atomic E-state index is 10.8. The van der Waals surface area contributed by atoms with E-state index in [-0.39, 0.29) is 0 Å². The first-order valence-electron chi connectivity index (χ1n) is 4.74. The Morgan fingerprint density at radius 2 is 2.47 bits per heavy atom. The highest BCUT2D eigenvalue weighted by Gasteiger charge is 2.25. The van der Waals surface area contributed by atoms with Crippen LogP contribution in [-0.2, 0) is 4.79 Å². The van der Waals surface area contributed by atoms with E-state index in [0.29, 0.717) is 13.1 Å². The van der Waals surface area contributed by atoms with Crippen molar-refractivity contribution >= 4 is 11.8 Å². The van der Waals surface area contributed by atoms with Crippen LogP contribution in [0.5, 0.6) is 0 Å². The van der Waals surface area contributed by atoms with Crippen LogP contribution in [0.25, 0.3) is 0 Å². The number of aliphatic carboxylic acids is 1. The van der Waals surface area contributed by atoms with Gasteiger partial charge in [-0.3, -0.25) is 9.78 Å². The van der Waals surface area contributed by atoms with E-state index in [9.17, 15) is 4.79 Å². The van der Waals surface area contributed by atoms with E-state index in [2.05, 4.69) is 15.3 Å². The van der Waals surface area contributed by atoms with Gasteiger partial charge < -0.3 is 15.3 Å². The summed E-state index contributed by atoms with van der Waals surface area (Å²) in [6.45, 7) is 1.82. The number of carboxylic acids is 1. The molecular weight excluding hydrogens is 196 g/mol. The lowest BCUT2D eigenvalue weighted by molar-refractivity contribution is -0.139. The zero-order chi connectivity index (χ0) is 10.7. The summed E-state index contributed by atoms with van der Waals surface area (Å²) in [5.74, 6) is -0.103. The molecule has 1 saturated heterocycles. The fourth-order valence-corrected chi connectivity index (χ4v) is 1.58. The van der Waals surface area contributed by atoms with Gasteiger partial charge in [-0.1, -0.05) is 0 Å². The number of aromatic nitrogens is 2. The molecular formula is C9H12N4O2. The number of piperazine rings is 1. The molecule has 0 saturated carbocycles. The van der Waals surface area contributed by atoms with Crippen molar-refractivity contribution in [1.29, 1.82) is 0 Å². The van der Waals surface area contributed by atoms with Gasteiger partial charge in [-0.15, -0.1) is 0 Å². The maximum Gasteiger partial charge on any atom is 0.322 e. The topological polar surface area (TPSA) is 78.3 Å². The Balaban J connectivity index is 2.08. The summed E-state index contributed by atoms with van der Waals surface area (Å²) >= 11 is 0. The summed E-state index contributed by atoms with van der Waals surface area (Å²) in [5.41, 5.74) is 0. The van der Waals surface area contributed by atoms with Crippen LogP contribution in [-0.4, -0.2) is 46.7 Å². The second-order valence-electron chi connectivity index (χ2n) is 3.35. The lowest BCUT2D eigenvalue weighted by atomic mass is 10.2. The van der Waals surface area contributed by atoms with Crippen molar-refractivity contribution in [1.82, 2.24) is 15.3 Å². The van der Waals surface area contributed by atoms with Crippen molar-refractivity contribution in [2.45, 2.75) is 6.04 Å². The number of nitrogens with one attached hydrogen (secondary N) is 1. The first-order chi connectivity index (χ1) is 7.27. The molecule has 1 aromatic rings. The molecule has 1 aliphatic heterocycles. The molecule has 0 bridgehead atoms. The van der Waals surface area contributed by atoms with E-state index < -0.39 is 12.0 Å². The molecule has 1 fully saturated rings. The van der Waals surface area contributed by atoms with Crippen LogP contribution >= 0.6 is 0 Å². The van der Waals surface area contributed by atoms with Crippen molar-refractivity contribution in [3.63, 3.8) is 0 Å². The Bertz CT molecular complexity index is 343. The van der Waals surface area contributed by atoms with E-state index in [4.69, 9.17) is 5.11 Å². The number of anilines is 1. The predicted octanol–water partition coefficient (Wildman–Crippen LogP) is -0.661. The monoisotopic (exact) mass is 208 g/mol. The van der Waals surface area contributed by atoms with Crippen molar-refractivity contribution in [3.05, 3.63) is 18.6 Å². The van der Waals surface area contributed by atoms with Gasteiger partial charge in [-0.2, -0.15) is 0 Å². The zero-order valence-corrected chi connectivity index (χ0v) is 8.13. The Hall–Kier alpha value is -1.69. The van der Waals surface area contributed by atoms with E-state index in [1.807, 2.05) is 4.90 Å². The molecule has 0 aliphatic carbocycles. The molecule has 1 atom stereocenters. The van der Waals surface area contributed by atoms with Gasteiger partial charge in [-0.25, -0.2) is 4.98 Å². The maximum atomic E-state index is 10.8. The molecule has 0 aromatic carbocycles. The number of hydrogen-bond donors (Lipinski definition) is 2. The van der Waals surface area contributed by atoms with E-state index in [1.54, 1.807) is 18.6 Å². The number of hydrogen-bond acceptors (Lipinski definition) is 5. The summed E-state index contributed by atoms with van der Waals surface area (Å²) in [7, 11) is 0. The first-order valence-corrected chi connectivity index (χ1v) is 4.74. The third-order valence-electron chi connectivity index (χ3n) is 2.35. The zero-order valence-electron chi connectivity index (χ0n) is 8.13. The summed E-state index contributed by atoms with van der Waals surface area (Å²) in [6.07, 6.45) is 4.84. The van der Waals surface area contributed by atoms with Gasteiger partial charge in [0.2, 0.25) is 0 Å². The molecule has 2 heterocycles. The van der Waals surface area contributed by atoms with Gasteiger partial charge in [0.15, 0.2) is 0 Å². The van der Waals surface area contributed by atoms with Crippen LogP contribution in [0, 0.1) is 0 Å². The highest BCUT2D eigenvalue weighted by molar-refractivity contribution is 5.74. The Labute approximate surface area is 87.0 Å². The molecule has 1 aliphatic rings. The Kier molecular flexibility index (Phi) is 2.77. The van der Waals surface area contributed by atoms with Crippen LogP contribution in [0.1, 0.15) is 0 Å². The van der Waals surface area contributed by atoms with Gasteiger partial charge in [0.1, 0.15) is 11.9 Å². The second kappa shape index (κ2) is 4.22. The minimum absolute atomic E-state index is 0.425. The Morgan fingerprint density at radius 3 is 3.13 bits per heavy atom. The average molecular weight is 208 g/mol. The van der Waals surface area contributed by atoms with Crippen molar-refractivity contribution < 1.29 is 9.90 Å². The number of rotatable bonds is 2. The van der Waals surface area contributed by atoms with Crippen molar-refractivity contribution in [2.75, 3.05) is 24.5 Å². The predicted molar refractivity (Wildman–Crippen MR) is 53.7 cm³/mol. The third kappa shape index (κ3) is 2.21. The molecule has 2 rings (SSSR count). The molecule has 0 spiro atoms. The van der Waals surface area contributed by atoms with Crippen LogP contribution in [0.2, 0.25) is 0 Å². The lowest BCUT2D eigenvalue weighted by Crippen LogP contribution is -2.54. The van der Waals surface area contributed by atoms with Gasteiger partial charge in [-0.05, 0) is 0 Å². The molecule has 6 nitrogen and oxygen atoms in total. The minimum Gasteiger partial charge on any atom is -0.480 e. The number of carboxylic acid groups (broad SMARTS) is 1. The van der Waals surface area contributed by atoms with E-state index in [0.717, 1.165) is 12.4 Å². The fourth-order valence-electron chi connectivity index (χ4n) is 1.58. The quantitative estimate of drug-likeness (QED) is 0.671. The summed E-state index contributed by atoms with van der Waals surface area (Å²) in [5, 5.41) is 11.8. The molecule has 1 unspecified atom stereocenters. The van der Waals surface area contributed by atoms with Crippen LogP contribution in [0.4, 0.5) is 5.82 Å². The smallest absolute Gasteiger partial charge is 0.322 e. The number of nitrogens with zero attached hydrogens (tertiary/aromatic N) is 3. The molecule has 6 heteroatoms. The average Bonchev–Trinajstić information content (AvgIpc) is 2.30. The van der Waals surface area contributed by atoms with Crippen molar-refractivity contribution in [2.24, 2.45) is 0 Å². The SMILES string of the molecule is O=C(O)C1CN(c2cnccn2)CCN1. The highest BCUT2D eigenvalue weighted by atomic mass is 16.4. The van der Waals surface area contributed by atoms with Gasteiger partial charge >= 0.3 is 5.97 Å². The van der Waals surface area contributed by atoms with Crippen LogP contribution < -0.4 is 10.2 Å². The molecule has 0 radical (unpaired) electrons. The first kappa shape index (κ1) is 9.85. The van der Waals surface area contributed by atoms with Crippen LogP contribution in [0.3, 0.4) is 0 Å². The fraction of sp³-hybridized carbons (Fsp3) is 0.444. The minimum atomic E-state index is -0.830. The van der Waals surface area contributed by atoms with Gasteiger partial charge in [0.25, 0.3) is 0 Å². The standard InChI is InChI=1S/C9H12N4O2/c14-9(15)7-6-13(4-3-11-7)8-5-10-1-2-12-8/h1-2,5,7,11H,3-4,6H2,(H,14,15). The molecule has 1 aromatic heterocycles. The van der Waals surface area contributed by atoms with E-state index >= 15 is 0 Å². The summed E-state index contributed by atoms with van der Waals surface area (Å²) < 4.78 is 0. The lowest BCUT2D eigenvalue weighted by Gasteiger charge is -2.32. The molecule has 0 amide bonds. The number of carbonyl (C=O) groups is 1. The second-order valence-corrected chi connectivity index (χ2v) is 3.35. The summed E-state index contributed by atoms with van der Waals surface area (Å²) in [6, 6.07) is -0.527. The largest absolute Gasteiger partial charge is 0.480 e. The van der Waals surface area contributed by atoms with E-state index in [1.165, 1.54) is 0 Å². The Morgan fingerprint density at radius 1 is 1.60 bits per heavy atom. The third-order valence-corrected chi connectivity index (χ3v) is 2.35.